The summed E-state index contributed by atoms with van der Waals surface area (Å²) in [6, 6.07) is 9.62. The Hall–Kier alpha value is -2.75. The van der Waals surface area contributed by atoms with E-state index in [4.69, 9.17) is 21.2 Å². The van der Waals surface area contributed by atoms with E-state index in [1.807, 2.05) is 0 Å². The number of methoxy groups -OCH3 is 1. The van der Waals surface area contributed by atoms with Crippen LogP contribution in [0.1, 0.15) is 5.89 Å². The van der Waals surface area contributed by atoms with Crippen LogP contribution in [0.3, 0.4) is 0 Å². The normalized spacial score (nSPS) is 11.4. The maximum Gasteiger partial charge on any atom is 0.314 e. The number of nitrogens with zero attached hydrogens (tertiary/aromatic N) is 1. The lowest BCUT2D eigenvalue weighted by Gasteiger charge is -2.04. The van der Waals surface area contributed by atoms with Crippen LogP contribution in [0, 0.1) is 5.82 Å². The number of rotatable bonds is 5. The van der Waals surface area contributed by atoms with Crippen molar-refractivity contribution < 1.29 is 26.8 Å². The molecule has 0 radical (unpaired) electrons. The fourth-order valence-corrected chi connectivity index (χ4v) is 3.16. The molecule has 0 saturated carbocycles. The van der Waals surface area contributed by atoms with Crippen LogP contribution in [-0.4, -0.2) is 26.5 Å². The maximum absolute atomic E-state index is 13.5. The van der Waals surface area contributed by atoms with Crippen LogP contribution in [0.4, 0.5) is 4.39 Å². The molecule has 28 heavy (non-hydrogen) atoms. The minimum atomic E-state index is -3.85. The monoisotopic (exact) mass is 424 g/mol. The number of carbonyl (C=O) groups is 1. The zero-order valence-corrected chi connectivity index (χ0v) is 16.1. The Labute approximate surface area is 164 Å². The van der Waals surface area contributed by atoms with Gasteiger partial charge in [-0.3, -0.25) is 4.79 Å². The van der Waals surface area contributed by atoms with Crippen molar-refractivity contribution in [1.82, 2.24) is 4.98 Å². The van der Waals surface area contributed by atoms with E-state index < -0.39 is 21.8 Å². The molecular weight excluding hydrogens is 411 g/mol. The van der Waals surface area contributed by atoms with Gasteiger partial charge < -0.3 is 9.15 Å². The molecule has 0 unspecified atom stereocenters. The summed E-state index contributed by atoms with van der Waals surface area (Å²) in [6.07, 6.45) is -0.215. The van der Waals surface area contributed by atoms with Gasteiger partial charge in [-0.25, -0.2) is 22.9 Å². The summed E-state index contributed by atoms with van der Waals surface area (Å²) < 4.78 is 46.7. The van der Waals surface area contributed by atoms with E-state index in [2.05, 4.69) is 9.72 Å². The van der Waals surface area contributed by atoms with Crippen molar-refractivity contribution in [1.29, 1.82) is 0 Å². The number of benzene rings is 2. The fraction of sp³-hybridized carbons (Fsp3) is 0.111. The van der Waals surface area contributed by atoms with Crippen molar-refractivity contribution in [2.45, 2.75) is 11.3 Å². The summed E-state index contributed by atoms with van der Waals surface area (Å²) in [6.45, 7) is 0. The van der Waals surface area contributed by atoms with E-state index >= 15 is 0 Å². The van der Waals surface area contributed by atoms with Crippen LogP contribution < -0.4 is 5.14 Å². The second-order valence-corrected chi connectivity index (χ2v) is 7.71. The molecule has 1 aromatic heterocycles. The van der Waals surface area contributed by atoms with Gasteiger partial charge in [-0.05, 0) is 30.3 Å². The van der Waals surface area contributed by atoms with Crippen molar-refractivity contribution in [3.05, 3.63) is 59.2 Å². The zero-order chi connectivity index (χ0) is 20.5. The molecule has 0 bridgehead atoms. The number of primary sulfonamides is 1. The molecule has 0 aliphatic heterocycles. The minimum Gasteiger partial charge on any atom is -0.469 e. The van der Waals surface area contributed by atoms with Crippen molar-refractivity contribution in [2.24, 2.45) is 5.14 Å². The number of oxazole rings is 1. The zero-order valence-electron chi connectivity index (χ0n) is 14.5. The molecule has 7 nitrogen and oxygen atoms in total. The molecule has 10 heteroatoms. The van der Waals surface area contributed by atoms with Crippen molar-refractivity contribution in [3.63, 3.8) is 0 Å². The lowest BCUT2D eigenvalue weighted by Crippen LogP contribution is -2.11. The van der Waals surface area contributed by atoms with Crippen LogP contribution in [0.25, 0.3) is 22.6 Å². The van der Waals surface area contributed by atoms with E-state index in [1.54, 1.807) is 0 Å². The van der Waals surface area contributed by atoms with Gasteiger partial charge in [-0.1, -0.05) is 23.7 Å². The summed E-state index contributed by atoms with van der Waals surface area (Å²) in [4.78, 5) is 15.8. The van der Waals surface area contributed by atoms with E-state index in [-0.39, 0.29) is 28.0 Å². The molecule has 2 aromatic carbocycles. The molecular formula is C18H14ClFN2O5S. The molecule has 0 spiro atoms. The summed E-state index contributed by atoms with van der Waals surface area (Å²) in [5.74, 6) is -0.836. The number of hydrogen-bond acceptors (Lipinski definition) is 6. The van der Waals surface area contributed by atoms with Crippen LogP contribution in [0.15, 0.2) is 51.8 Å². The summed E-state index contributed by atoms with van der Waals surface area (Å²) in [5, 5.41) is 5.00. The van der Waals surface area contributed by atoms with Gasteiger partial charge in [0, 0.05) is 11.1 Å². The highest BCUT2D eigenvalue weighted by molar-refractivity contribution is 7.89. The van der Waals surface area contributed by atoms with E-state index in [1.165, 1.54) is 49.6 Å². The predicted molar refractivity (Wildman–Crippen MR) is 99.4 cm³/mol. The van der Waals surface area contributed by atoms with Crippen molar-refractivity contribution in [3.8, 4) is 22.6 Å². The first-order valence-electron chi connectivity index (χ1n) is 7.84. The van der Waals surface area contributed by atoms with Gasteiger partial charge in [0.25, 0.3) is 0 Å². The molecule has 0 aliphatic rings. The van der Waals surface area contributed by atoms with Gasteiger partial charge in [0.2, 0.25) is 15.9 Å². The van der Waals surface area contributed by atoms with Crippen LogP contribution in [0.2, 0.25) is 5.02 Å². The number of hydrogen-bond donors (Lipinski definition) is 1. The van der Waals surface area contributed by atoms with Crippen molar-refractivity contribution >= 4 is 27.6 Å². The highest BCUT2D eigenvalue weighted by Gasteiger charge is 2.20. The fourth-order valence-electron chi connectivity index (χ4n) is 2.47. The Balaban J connectivity index is 2.12. The van der Waals surface area contributed by atoms with E-state index in [9.17, 15) is 17.6 Å². The van der Waals surface area contributed by atoms with Gasteiger partial charge in [0.15, 0.2) is 5.76 Å². The highest BCUT2D eigenvalue weighted by atomic mass is 35.5. The second kappa shape index (κ2) is 7.70. The molecule has 0 atom stereocenters. The summed E-state index contributed by atoms with van der Waals surface area (Å²) >= 11 is 5.85. The van der Waals surface area contributed by atoms with Gasteiger partial charge >= 0.3 is 5.97 Å². The largest absolute Gasteiger partial charge is 0.469 e. The first kappa shape index (κ1) is 20.0. The molecule has 3 aromatic rings. The molecule has 146 valence electrons. The second-order valence-electron chi connectivity index (χ2n) is 5.74. The predicted octanol–water partition coefficient (Wildman–Crippen LogP) is 3.16. The SMILES string of the molecule is COC(=O)Cc1nc(-c2ccc(S(N)(=O)=O)cc2)c(-c2ccc(F)c(Cl)c2)o1. The third kappa shape index (κ3) is 4.22. The molecule has 2 N–H and O–H groups in total. The lowest BCUT2D eigenvalue weighted by atomic mass is 10.1. The molecule has 1 heterocycles. The van der Waals surface area contributed by atoms with Crippen LogP contribution >= 0.6 is 11.6 Å². The molecule has 0 amide bonds. The number of ether oxygens (including phenoxy) is 1. The summed E-state index contributed by atoms with van der Waals surface area (Å²) in [7, 11) is -2.62. The van der Waals surface area contributed by atoms with Crippen LogP contribution in [-0.2, 0) is 26.0 Å². The number of sulfonamides is 1. The average molecular weight is 425 g/mol. The smallest absolute Gasteiger partial charge is 0.314 e. The molecule has 0 fully saturated rings. The molecule has 3 rings (SSSR count). The average Bonchev–Trinajstić information content (AvgIpc) is 3.07. The Morgan fingerprint density at radius 2 is 1.86 bits per heavy atom. The molecule has 0 aliphatic carbocycles. The number of nitrogens with two attached hydrogens (primary N) is 1. The van der Waals surface area contributed by atoms with Crippen molar-refractivity contribution in [2.75, 3.05) is 7.11 Å². The third-order valence-electron chi connectivity index (χ3n) is 3.83. The lowest BCUT2D eigenvalue weighted by molar-refractivity contribution is -0.140. The third-order valence-corrected chi connectivity index (χ3v) is 5.05. The minimum absolute atomic E-state index is 0.0686. The quantitative estimate of drug-likeness (QED) is 0.629. The Kier molecular flexibility index (Phi) is 5.50. The maximum atomic E-state index is 13.5. The van der Waals surface area contributed by atoms with E-state index in [0.29, 0.717) is 16.8 Å². The van der Waals surface area contributed by atoms with Gasteiger partial charge in [-0.2, -0.15) is 0 Å². The Morgan fingerprint density at radius 1 is 1.21 bits per heavy atom. The highest BCUT2D eigenvalue weighted by Crippen LogP contribution is 2.35. The number of carbonyl (C=O) groups excluding carboxylic acids is 1. The Bertz CT molecular complexity index is 1140. The van der Waals surface area contributed by atoms with E-state index in [0.717, 1.165) is 0 Å². The number of halogens is 2. The van der Waals surface area contributed by atoms with Gasteiger partial charge in [-0.15, -0.1) is 0 Å². The first-order chi connectivity index (χ1) is 13.2. The van der Waals surface area contributed by atoms with Crippen LogP contribution in [0.5, 0.6) is 0 Å². The topological polar surface area (TPSA) is 112 Å². The standard InChI is InChI=1S/C18H14ClFN2O5S/c1-26-16(23)9-15-22-17(10-2-5-12(6-3-10)28(21,24)25)18(27-15)11-4-7-14(20)13(19)8-11/h2-8H,9H2,1H3,(H2,21,24,25). The Morgan fingerprint density at radius 3 is 2.43 bits per heavy atom. The number of aromatic nitrogens is 1. The van der Waals surface area contributed by atoms with Gasteiger partial charge in [0.05, 0.1) is 17.0 Å². The first-order valence-corrected chi connectivity index (χ1v) is 9.76. The number of esters is 1. The molecule has 0 saturated heterocycles. The van der Waals surface area contributed by atoms with Gasteiger partial charge in [0.1, 0.15) is 17.9 Å². The summed E-state index contributed by atoms with van der Waals surface area (Å²) in [5.41, 5.74) is 1.26.